The zero-order valence-electron chi connectivity index (χ0n) is 14.6. The van der Waals surface area contributed by atoms with Gasteiger partial charge in [-0.25, -0.2) is 0 Å². The summed E-state index contributed by atoms with van der Waals surface area (Å²) in [5.41, 5.74) is 3.12. The summed E-state index contributed by atoms with van der Waals surface area (Å²) in [7, 11) is 0. The summed E-state index contributed by atoms with van der Waals surface area (Å²) in [6.45, 7) is 0.789. The van der Waals surface area contributed by atoms with Crippen LogP contribution in [0.2, 0.25) is 0 Å². The maximum absolute atomic E-state index is 12.5. The highest BCUT2D eigenvalue weighted by Gasteiger charge is 2.23. The molecular formula is C21H22N2O2S. The van der Waals surface area contributed by atoms with Crippen LogP contribution in [0, 0.1) is 0 Å². The van der Waals surface area contributed by atoms with Crippen molar-refractivity contribution in [2.24, 2.45) is 0 Å². The minimum atomic E-state index is 0.0432. The molecule has 0 aromatic heterocycles. The summed E-state index contributed by atoms with van der Waals surface area (Å²) in [5, 5.41) is 3.18. The number of rotatable bonds is 4. The van der Waals surface area contributed by atoms with E-state index in [2.05, 4.69) is 17.4 Å². The van der Waals surface area contributed by atoms with E-state index < -0.39 is 0 Å². The summed E-state index contributed by atoms with van der Waals surface area (Å²) in [4.78, 5) is 27.4. The fourth-order valence-corrected chi connectivity index (χ4v) is 4.76. The van der Waals surface area contributed by atoms with Gasteiger partial charge < -0.3 is 10.2 Å². The Labute approximate surface area is 158 Å². The number of carbonyl (C=O) groups excluding carboxylic acids is 2. The van der Waals surface area contributed by atoms with Crippen molar-refractivity contribution in [2.45, 2.75) is 36.6 Å². The second kappa shape index (κ2) is 7.54. The molecule has 2 aliphatic rings. The molecule has 134 valence electrons. The Morgan fingerprint density at radius 1 is 1.15 bits per heavy atom. The van der Waals surface area contributed by atoms with Crippen LogP contribution in [0.15, 0.2) is 53.4 Å². The Morgan fingerprint density at radius 3 is 2.73 bits per heavy atom. The largest absolute Gasteiger partial charge is 0.349 e. The molecule has 1 atom stereocenters. The Hall–Kier alpha value is -2.27. The molecule has 2 aliphatic heterocycles. The van der Waals surface area contributed by atoms with Crippen molar-refractivity contribution in [2.75, 3.05) is 17.2 Å². The number of benzene rings is 2. The third-order valence-electron chi connectivity index (χ3n) is 4.98. The quantitative estimate of drug-likeness (QED) is 0.897. The van der Waals surface area contributed by atoms with Crippen LogP contribution < -0.4 is 10.2 Å². The maximum Gasteiger partial charge on any atom is 0.227 e. The SMILES string of the molecule is O=C(Cc1ccc(N2CCCC2=O)cc1)N[C@@H]1CCSc2ccccc21. The third-order valence-corrected chi connectivity index (χ3v) is 6.10. The highest BCUT2D eigenvalue weighted by molar-refractivity contribution is 7.99. The van der Waals surface area contributed by atoms with Crippen LogP contribution in [-0.2, 0) is 16.0 Å². The average Bonchev–Trinajstić information content (AvgIpc) is 3.09. The summed E-state index contributed by atoms with van der Waals surface area (Å²) in [6, 6.07) is 16.2. The zero-order valence-corrected chi connectivity index (χ0v) is 15.4. The van der Waals surface area contributed by atoms with Crippen molar-refractivity contribution in [1.29, 1.82) is 0 Å². The van der Waals surface area contributed by atoms with E-state index in [4.69, 9.17) is 0 Å². The van der Waals surface area contributed by atoms with Gasteiger partial charge in [-0.05, 0) is 42.2 Å². The van der Waals surface area contributed by atoms with Gasteiger partial charge in [-0.1, -0.05) is 30.3 Å². The van der Waals surface area contributed by atoms with Crippen LogP contribution in [0.1, 0.15) is 36.4 Å². The predicted molar refractivity (Wildman–Crippen MR) is 104 cm³/mol. The summed E-state index contributed by atoms with van der Waals surface area (Å²) >= 11 is 1.85. The summed E-state index contributed by atoms with van der Waals surface area (Å²) in [5.74, 6) is 1.26. The van der Waals surface area contributed by atoms with Gasteiger partial charge in [0.1, 0.15) is 0 Å². The fourth-order valence-electron chi connectivity index (χ4n) is 3.64. The third kappa shape index (κ3) is 3.63. The van der Waals surface area contributed by atoms with Gasteiger partial charge in [-0.2, -0.15) is 0 Å². The molecule has 0 radical (unpaired) electrons. The number of hydrogen-bond donors (Lipinski definition) is 1. The Morgan fingerprint density at radius 2 is 1.96 bits per heavy atom. The number of hydrogen-bond acceptors (Lipinski definition) is 3. The first-order chi connectivity index (χ1) is 12.7. The molecular weight excluding hydrogens is 344 g/mol. The highest BCUT2D eigenvalue weighted by Crippen LogP contribution is 2.35. The van der Waals surface area contributed by atoms with E-state index in [9.17, 15) is 9.59 Å². The van der Waals surface area contributed by atoms with Gasteiger partial charge in [0.2, 0.25) is 11.8 Å². The summed E-state index contributed by atoms with van der Waals surface area (Å²) in [6.07, 6.45) is 2.87. The Bertz CT molecular complexity index is 819. The van der Waals surface area contributed by atoms with E-state index in [0.29, 0.717) is 12.8 Å². The van der Waals surface area contributed by atoms with Gasteiger partial charge in [0, 0.05) is 29.3 Å². The van der Waals surface area contributed by atoms with Crippen molar-refractivity contribution in [3.8, 4) is 0 Å². The van der Waals surface area contributed by atoms with Crippen molar-refractivity contribution in [3.05, 3.63) is 59.7 Å². The van der Waals surface area contributed by atoms with Crippen molar-refractivity contribution in [1.82, 2.24) is 5.32 Å². The number of fused-ring (bicyclic) bond motifs is 1. The number of nitrogens with zero attached hydrogens (tertiary/aromatic N) is 1. The first-order valence-corrected chi connectivity index (χ1v) is 10.1. The lowest BCUT2D eigenvalue weighted by Gasteiger charge is -2.26. The lowest BCUT2D eigenvalue weighted by molar-refractivity contribution is -0.121. The van der Waals surface area contributed by atoms with E-state index in [1.807, 2.05) is 53.1 Å². The van der Waals surface area contributed by atoms with Gasteiger partial charge in [0.05, 0.1) is 12.5 Å². The number of amides is 2. The minimum Gasteiger partial charge on any atom is -0.349 e. The van der Waals surface area contributed by atoms with Gasteiger partial charge >= 0.3 is 0 Å². The molecule has 4 nitrogen and oxygen atoms in total. The lowest BCUT2D eigenvalue weighted by Crippen LogP contribution is -2.31. The first-order valence-electron chi connectivity index (χ1n) is 9.11. The Balaban J connectivity index is 1.39. The van der Waals surface area contributed by atoms with Crippen molar-refractivity contribution < 1.29 is 9.59 Å². The normalized spacial score (nSPS) is 19.3. The van der Waals surface area contributed by atoms with E-state index >= 15 is 0 Å². The second-order valence-corrected chi connectivity index (χ2v) is 7.92. The van der Waals surface area contributed by atoms with Crippen LogP contribution in [0.4, 0.5) is 5.69 Å². The van der Waals surface area contributed by atoms with Crippen LogP contribution >= 0.6 is 11.8 Å². The molecule has 2 aromatic rings. The van der Waals surface area contributed by atoms with Gasteiger partial charge in [-0.15, -0.1) is 11.8 Å². The van der Waals surface area contributed by atoms with Crippen LogP contribution in [-0.4, -0.2) is 24.1 Å². The predicted octanol–water partition coefficient (Wildman–Crippen LogP) is 3.71. The molecule has 26 heavy (non-hydrogen) atoms. The molecule has 4 rings (SSSR count). The van der Waals surface area contributed by atoms with Crippen LogP contribution in [0.3, 0.4) is 0 Å². The first kappa shape index (κ1) is 17.2. The standard InChI is InChI=1S/C21H22N2O2S/c24-20(22-18-11-13-26-19-5-2-1-4-17(18)19)14-15-7-9-16(10-8-15)23-12-3-6-21(23)25/h1-2,4-5,7-10,18H,3,6,11-14H2,(H,22,24)/t18-/m1/s1. The van der Waals surface area contributed by atoms with Crippen molar-refractivity contribution >= 4 is 29.3 Å². The molecule has 0 bridgehead atoms. The Kier molecular flexibility index (Phi) is 4.98. The van der Waals surface area contributed by atoms with E-state index in [1.165, 1.54) is 10.5 Å². The molecule has 2 amide bonds. The monoisotopic (exact) mass is 366 g/mol. The number of nitrogens with one attached hydrogen (secondary N) is 1. The van der Waals surface area contributed by atoms with E-state index in [1.54, 1.807) is 0 Å². The fraction of sp³-hybridized carbons (Fsp3) is 0.333. The number of carbonyl (C=O) groups is 2. The second-order valence-electron chi connectivity index (χ2n) is 6.79. The van der Waals surface area contributed by atoms with E-state index in [-0.39, 0.29) is 17.9 Å². The van der Waals surface area contributed by atoms with E-state index in [0.717, 1.165) is 36.4 Å². The smallest absolute Gasteiger partial charge is 0.227 e. The van der Waals surface area contributed by atoms with Gasteiger partial charge in [0.25, 0.3) is 0 Å². The lowest BCUT2D eigenvalue weighted by atomic mass is 10.0. The number of anilines is 1. The maximum atomic E-state index is 12.5. The van der Waals surface area contributed by atoms with Crippen molar-refractivity contribution in [3.63, 3.8) is 0 Å². The summed E-state index contributed by atoms with van der Waals surface area (Å²) < 4.78 is 0. The molecule has 0 saturated carbocycles. The zero-order chi connectivity index (χ0) is 17.9. The molecule has 0 aliphatic carbocycles. The topological polar surface area (TPSA) is 49.4 Å². The molecule has 5 heteroatoms. The molecule has 1 saturated heterocycles. The van der Waals surface area contributed by atoms with Gasteiger partial charge in [0.15, 0.2) is 0 Å². The van der Waals surface area contributed by atoms with Crippen LogP contribution in [0.25, 0.3) is 0 Å². The van der Waals surface area contributed by atoms with Crippen LogP contribution in [0.5, 0.6) is 0 Å². The van der Waals surface area contributed by atoms with Gasteiger partial charge in [-0.3, -0.25) is 9.59 Å². The molecule has 2 heterocycles. The molecule has 0 unspecified atom stereocenters. The number of thioether (sulfide) groups is 1. The molecule has 2 aromatic carbocycles. The minimum absolute atomic E-state index is 0.0432. The molecule has 1 N–H and O–H groups in total. The molecule has 0 spiro atoms. The molecule has 1 fully saturated rings. The highest BCUT2D eigenvalue weighted by atomic mass is 32.2. The average molecular weight is 366 g/mol.